The maximum absolute atomic E-state index is 12.0. The molecule has 0 radical (unpaired) electrons. The van der Waals surface area contributed by atoms with Gasteiger partial charge < -0.3 is 9.30 Å². The van der Waals surface area contributed by atoms with E-state index in [4.69, 9.17) is 4.74 Å². The van der Waals surface area contributed by atoms with Crippen LogP contribution in [0.4, 0.5) is 0 Å². The molecule has 0 aliphatic heterocycles. The lowest BCUT2D eigenvalue weighted by molar-refractivity contribution is 0.101. The SMILES string of the molecule is CCc1ccc2c(c1)c(C(C)=O)cn2-c1ccc(OC)cc1. The predicted molar refractivity (Wildman–Crippen MR) is 89.2 cm³/mol. The molecule has 22 heavy (non-hydrogen) atoms. The van der Waals surface area contributed by atoms with Gasteiger partial charge in [0.15, 0.2) is 5.78 Å². The molecule has 0 saturated heterocycles. The maximum atomic E-state index is 12.0. The summed E-state index contributed by atoms with van der Waals surface area (Å²) >= 11 is 0. The van der Waals surface area contributed by atoms with Gasteiger partial charge in [-0.1, -0.05) is 13.0 Å². The summed E-state index contributed by atoms with van der Waals surface area (Å²) in [5.41, 5.74) is 4.07. The number of aryl methyl sites for hydroxylation is 1. The number of aromatic nitrogens is 1. The Morgan fingerprint density at radius 1 is 1.14 bits per heavy atom. The third kappa shape index (κ3) is 2.39. The zero-order valence-electron chi connectivity index (χ0n) is 13.1. The Morgan fingerprint density at radius 3 is 2.45 bits per heavy atom. The van der Waals surface area contributed by atoms with E-state index in [-0.39, 0.29) is 5.78 Å². The molecule has 3 nitrogen and oxygen atoms in total. The van der Waals surface area contributed by atoms with Crippen molar-refractivity contribution < 1.29 is 9.53 Å². The zero-order valence-corrected chi connectivity index (χ0v) is 13.1. The van der Waals surface area contributed by atoms with E-state index < -0.39 is 0 Å². The number of rotatable bonds is 4. The second-order valence-electron chi connectivity index (χ2n) is 5.37. The lowest BCUT2D eigenvalue weighted by Crippen LogP contribution is -1.93. The fourth-order valence-corrected chi connectivity index (χ4v) is 2.73. The van der Waals surface area contributed by atoms with Crippen LogP contribution in [0, 0.1) is 0 Å². The van der Waals surface area contributed by atoms with Crippen LogP contribution in [-0.4, -0.2) is 17.5 Å². The molecule has 1 heterocycles. The third-order valence-electron chi connectivity index (χ3n) is 4.01. The first-order valence-electron chi connectivity index (χ1n) is 7.43. The minimum absolute atomic E-state index is 0.0884. The summed E-state index contributed by atoms with van der Waals surface area (Å²) in [4.78, 5) is 12.0. The fourth-order valence-electron chi connectivity index (χ4n) is 2.73. The number of benzene rings is 2. The minimum atomic E-state index is 0.0884. The number of ether oxygens (including phenoxy) is 1. The highest BCUT2D eigenvalue weighted by Gasteiger charge is 2.13. The van der Waals surface area contributed by atoms with E-state index in [1.807, 2.05) is 30.5 Å². The summed E-state index contributed by atoms with van der Waals surface area (Å²) in [6, 6.07) is 14.2. The molecule has 2 aromatic carbocycles. The molecule has 1 aromatic heterocycles. The van der Waals surface area contributed by atoms with Crippen LogP contribution >= 0.6 is 0 Å². The van der Waals surface area contributed by atoms with Crippen molar-refractivity contribution in [3.63, 3.8) is 0 Å². The van der Waals surface area contributed by atoms with Crippen molar-refractivity contribution in [1.29, 1.82) is 0 Å². The van der Waals surface area contributed by atoms with Crippen LogP contribution in [0.2, 0.25) is 0 Å². The monoisotopic (exact) mass is 293 g/mol. The van der Waals surface area contributed by atoms with Gasteiger partial charge in [0.2, 0.25) is 0 Å². The quantitative estimate of drug-likeness (QED) is 0.667. The summed E-state index contributed by atoms with van der Waals surface area (Å²) in [7, 11) is 1.65. The number of fused-ring (bicyclic) bond motifs is 1. The van der Waals surface area contributed by atoms with Crippen LogP contribution in [0.25, 0.3) is 16.6 Å². The van der Waals surface area contributed by atoms with E-state index in [9.17, 15) is 4.79 Å². The number of hydrogen-bond acceptors (Lipinski definition) is 2. The molecule has 0 saturated carbocycles. The molecule has 3 aromatic rings. The number of hydrogen-bond donors (Lipinski definition) is 0. The Hall–Kier alpha value is -2.55. The van der Waals surface area contributed by atoms with Crippen molar-refractivity contribution in [2.45, 2.75) is 20.3 Å². The second-order valence-corrected chi connectivity index (χ2v) is 5.37. The van der Waals surface area contributed by atoms with E-state index in [0.717, 1.165) is 34.3 Å². The van der Waals surface area contributed by atoms with Crippen LogP contribution in [0.1, 0.15) is 29.8 Å². The molecule has 112 valence electrons. The molecule has 0 amide bonds. The molecule has 0 fully saturated rings. The summed E-state index contributed by atoms with van der Waals surface area (Å²) in [6.07, 6.45) is 2.88. The Balaban J connectivity index is 2.22. The molecule has 0 spiro atoms. The second kappa shape index (κ2) is 5.68. The first-order valence-corrected chi connectivity index (χ1v) is 7.43. The first kappa shape index (κ1) is 14.4. The predicted octanol–water partition coefficient (Wildman–Crippen LogP) is 4.40. The van der Waals surface area contributed by atoms with Gasteiger partial charge in [0.05, 0.1) is 12.6 Å². The highest BCUT2D eigenvalue weighted by atomic mass is 16.5. The minimum Gasteiger partial charge on any atom is -0.497 e. The topological polar surface area (TPSA) is 31.2 Å². The summed E-state index contributed by atoms with van der Waals surface area (Å²) in [5, 5.41) is 1.02. The van der Waals surface area contributed by atoms with Crippen molar-refractivity contribution in [1.82, 2.24) is 4.57 Å². The Kier molecular flexibility index (Phi) is 3.72. The maximum Gasteiger partial charge on any atom is 0.161 e. The van der Waals surface area contributed by atoms with E-state index in [1.54, 1.807) is 14.0 Å². The van der Waals surface area contributed by atoms with Gasteiger partial charge in [-0.3, -0.25) is 4.79 Å². The van der Waals surface area contributed by atoms with Crippen LogP contribution in [0.5, 0.6) is 5.75 Å². The van der Waals surface area contributed by atoms with Gasteiger partial charge >= 0.3 is 0 Å². The number of carbonyl (C=O) groups is 1. The smallest absolute Gasteiger partial charge is 0.161 e. The van der Waals surface area contributed by atoms with Gasteiger partial charge in [-0.2, -0.15) is 0 Å². The van der Waals surface area contributed by atoms with E-state index in [2.05, 4.69) is 29.7 Å². The summed E-state index contributed by atoms with van der Waals surface area (Å²) < 4.78 is 7.26. The van der Waals surface area contributed by atoms with Crippen molar-refractivity contribution in [2.75, 3.05) is 7.11 Å². The van der Waals surface area contributed by atoms with Crippen molar-refractivity contribution >= 4 is 16.7 Å². The van der Waals surface area contributed by atoms with Crippen molar-refractivity contribution in [3.8, 4) is 11.4 Å². The molecule has 0 unspecified atom stereocenters. The Bertz CT molecular complexity index is 829. The lowest BCUT2D eigenvalue weighted by Gasteiger charge is -2.07. The van der Waals surface area contributed by atoms with Crippen molar-refractivity contribution in [2.24, 2.45) is 0 Å². The number of methoxy groups -OCH3 is 1. The molecule has 3 heteroatoms. The molecule has 0 N–H and O–H groups in total. The van der Waals surface area contributed by atoms with Crippen molar-refractivity contribution in [3.05, 3.63) is 59.8 Å². The average Bonchev–Trinajstić information content (AvgIpc) is 2.93. The Morgan fingerprint density at radius 2 is 1.86 bits per heavy atom. The van der Waals surface area contributed by atoms with Crippen LogP contribution in [0.15, 0.2) is 48.7 Å². The van der Waals surface area contributed by atoms with Gasteiger partial charge in [0.25, 0.3) is 0 Å². The molecule has 0 aliphatic rings. The van der Waals surface area contributed by atoms with E-state index in [1.165, 1.54) is 5.56 Å². The van der Waals surface area contributed by atoms with Gasteiger partial charge in [0.1, 0.15) is 5.75 Å². The molecule has 0 aliphatic carbocycles. The third-order valence-corrected chi connectivity index (χ3v) is 4.01. The fraction of sp³-hybridized carbons (Fsp3) is 0.211. The van der Waals surface area contributed by atoms with Crippen LogP contribution in [0.3, 0.4) is 0 Å². The standard InChI is InChI=1S/C19H19NO2/c1-4-14-5-10-19-17(11-14)18(13(2)21)12-20(19)15-6-8-16(22-3)9-7-15/h5-12H,4H2,1-3H3. The highest BCUT2D eigenvalue weighted by Crippen LogP contribution is 2.27. The van der Waals surface area contributed by atoms with E-state index >= 15 is 0 Å². The molecular weight excluding hydrogens is 274 g/mol. The van der Waals surface area contributed by atoms with Gasteiger partial charge in [-0.05, 0) is 55.3 Å². The summed E-state index contributed by atoms with van der Waals surface area (Å²) in [5.74, 6) is 0.908. The van der Waals surface area contributed by atoms with E-state index in [0.29, 0.717) is 0 Å². The lowest BCUT2D eigenvalue weighted by atomic mass is 10.1. The molecule has 3 rings (SSSR count). The molecule has 0 bridgehead atoms. The molecular formula is C19H19NO2. The Labute approximate surface area is 130 Å². The van der Waals surface area contributed by atoms with Gasteiger partial charge in [0, 0.05) is 22.8 Å². The normalized spacial score (nSPS) is 10.9. The van der Waals surface area contributed by atoms with Gasteiger partial charge in [-0.25, -0.2) is 0 Å². The number of Topliss-reactive ketones (excluding diaryl/α,β-unsaturated/α-hetero) is 1. The average molecular weight is 293 g/mol. The van der Waals surface area contributed by atoms with Crippen LogP contribution in [-0.2, 0) is 6.42 Å². The number of ketones is 1. The van der Waals surface area contributed by atoms with Crippen LogP contribution < -0.4 is 4.74 Å². The zero-order chi connectivity index (χ0) is 15.7. The number of nitrogens with zero attached hydrogens (tertiary/aromatic N) is 1. The van der Waals surface area contributed by atoms with Gasteiger partial charge in [-0.15, -0.1) is 0 Å². The largest absolute Gasteiger partial charge is 0.497 e. The highest BCUT2D eigenvalue weighted by molar-refractivity contribution is 6.07. The number of carbonyl (C=O) groups excluding carboxylic acids is 1. The molecule has 0 atom stereocenters. The first-order chi connectivity index (χ1) is 10.6. The summed E-state index contributed by atoms with van der Waals surface area (Å²) in [6.45, 7) is 3.74.